The minimum Gasteiger partial charge on any atom is -0.313 e. The zero-order chi connectivity index (χ0) is 10.6. The Morgan fingerprint density at radius 1 is 1.50 bits per heavy atom. The van der Waals surface area contributed by atoms with Crippen LogP contribution in [0, 0.1) is 11.3 Å². The molecule has 0 heterocycles. The predicted octanol–water partition coefficient (Wildman–Crippen LogP) is -0.0467. The monoisotopic (exact) mass is 194 g/mol. The highest BCUT2D eigenvalue weighted by Crippen LogP contribution is 2.27. The first-order valence-electron chi connectivity index (χ1n) is 4.85. The molecule has 1 unspecified atom stereocenters. The summed E-state index contributed by atoms with van der Waals surface area (Å²) < 4.78 is 0. The minimum absolute atomic E-state index is 0.153. The molecule has 3 N–H and O–H groups in total. The van der Waals surface area contributed by atoms with Crippen LogP contribution in [0.4, 0.5) is 0 Å². The molecular weight excluding hydrogens is 176 g/mol. The van der Waals surface area contributed by atoms with Crippen molar-refractivity contribution in [2.75, 3.05) is 21.1 Å². The fourth-order valence-corrected chi connectivity index (χ4v) is 1.96. The van der Waals surface area contributed by atoms with Gasteiger partial charge in [-0.05, 0) is 32.8 Å². The van der Waals surface area contributed by atoms with Crippen LogP contribution in [0.5, 0.6) is 0 Å². The third-order valence-corrected chi connectivity index (χ3v) is 2.93. The summed E-state index contributed by atoms with van der Waals surface area (Å²) in [6.07, 6.45) is 3.56. The van der Waals surface area contributed by atoms with Gasteiger partial charge in [-0.25, -0.2) is 0 Å². The number of hydrogen-bond acceptors (Lipinski definition) is 4. The molecule has 0 spiro atoms. The van der Waals surface area contributed by atoms with E-state index in [1.165, 1.54) is 5.57 Å². The molecule has 14 heavy (non-hydrogen) atoms. The first-order chi connectivity index (χ1) is 6.71. The topological polar surface area (TPSA) is 59.9 Å². The van der Waals surface area contributed by atoms with Crippen molar-refractivity contribution in [3.63, 3.8) is 0 Å². The highest BCUT2D eigenvalue weighted by molar-refractivity contribution is 5.29. The molecule has 0 amide bonds. The summed E-state index contributed by atoms with van der Waals surface area (Å²) >= 11 is 0. The molecule has 0 aliphatic heterocycles. The smallest absolute Gasteiger partial charge is 0.0895 e. The van der Waals surface area contributed by atoms with Crippen LogP contribution < -0.4 is 16.0 Å². The van der Waals surface area contributed by atoms with Gasteiger partial charge in [0.15, 0.2) is 0 Å². The minimum atomic E-state index is -0.153. The van der Waals surface area contributed by atoms with Crippen molar-refractivity contribution < 1.29 is 0 Å². The van der Waals surface area contributed by atoms with Gasteiger partial charge in [0, 0.05) is 12.5 Å². The van der Waals surface area contributed by atoms with Crippen molar-refractivity contribution in [3.05, 3.63) is 11.6 Å². The van der Waals surface area contributed by atoms with Gasteiger partial charge in [0.05, 0.1) is 18.2 Å². The molecule has 0 aromatic rings. The number of rotatable bonds is 4. The standard InChI is InChI=1S/C10H18N4/c1-12-9-7-10(13-2,14-3)6-8(9)4-5-11/h6,9,12-14H,4,7H2,1-3H3. The SMILES string of the molecule is CNC1CC(NC)(NC)C=C1CC#N. The zero-order valence-electron chi connectivity index (χ0n) is 9.02. The Bertz CT molecular complexity index is 260. The average Bonchev–Trinajstić information content (AvgIpc) is 2.58. The lowest BCUT2D eigenvalue weighted by Crippen LogP contribution is -2.52. The fraction of sp³-hybridized carbons (Fsp3) is 0.700. The molecule has 1 aliphatic rings. The van der Waals surface area contributed by atoms with Crippen LogP contribution in [0.1, 0.15) is 12.8 Å². The molecule has 1 rings (SSSR count). The molecule has 0 aromatic carbocycles. The van der Waals surface area contributed by atoms with E-state index in [1.807, 2.05) is 21.1 Å². The van der Waals surface area contributed by atoms with E-state index in [0.717, 1.165) is 6.42 Å². The molecule has 4 heteroatoms. The Morgan fingerprint density at radius 2 is 2.14 bits per heavy atom. The van der Waals surface area contributed by atoms with Crippen molar-refractivity contribution in [3.8, 4) is 6.07 Å². The van der Waals surface area contributed by atoms with Crippen LogP contribution >= 0.6 is 0 Å². The summed E-state index contributed by atoms with van der Waals surface area (Å²) in [6.45, 7) is 0. The molecule has 0 saturated carbocycles. The maximum atomic E-state index is 8.70. The van der Waals surface area contributed by atoms with E-state index in [2.05, 4.69) is 28.1 Å². The van der Waals surface area contributed by atoms with Crippen LogP contribution in [-0.4, -0.2) is 32.8 Å². The van der Waals surface area contributed by atoms with Gasteiger partial charge in [-0.15, -0.1) is 0 Å². The van der Waals surface area contributed by atoms with Gasteiger partial charge in [-0.2, -0.15) is 5.26 Å². The molecule has 1 aliphatic carbocycles. The van der Waals surface area contributed by atoms with E-state index < -0.39 is 0 Å². The third-order valence-electron chi connectivity index (χ3n) is 2.93. The number of nitriles is 1. The Labute approximate surface area is 85.4 Å². The lowest BCUT2D eigenvalue weighted by Gasteiger charge is -2.27. The van der Waals surface area contributed by atoms with E-state index in [9.17, 15) is 0 Å². The summed E-state index contributed by atoms with van der Waals surface area (Å²) in [5, 5.41) is 18.4. The number of hydrogen-bond donors (Lipinski definition) is 3. The van der Waals surface area contributed by atoms with Gasteiger partial charge >= 0.3 is 0 Å². The highest BCUT2D eigenvalue weighted by Gasteiger charge is 2.35. The molecule has 78 valence electrons. The Morgan fingerprint density at radius 3 is 2.57 bits per heavy atom. The lowest BCUT2D eigenvalue weighted by atomic mass is 10.1. The van der Waals surface area contributed by atoms with E-state index in [1.54, 1.807) is 0 Å². The number of likely N-dealkylation sites (N-methyl/N-ethyl adjacent to an activating group) is 3. The first-order valence-corrected chi connectivity index (χ1v) is 4.85. The van der Waals surface area contributed by atoms with Gasteiger partial charge in [0.25, 0.3) is 0 Å². The van der Waals surface area contributed by atoms with E-state index >= 15 is 0 Å². The van der Waals surface area contributed by atoms with Gasteiger partial charge in [-0.3, -0.25) is 10.6 Å². The van der Waals surface area contributed by atoms with Crippen molar-refractivity contribution in [2.24, 2.45) is 0 Å². The molecule has 0 bridgehead atoms. The first kappa shape index (κ1) is 11.2. The fourth-order valence-electron chi connectivity index (χ4n) is 1.96. The average molecular weight is 194 g/mol. The predicted molar refractivity (Wildman–Crippen MR) is 56.6 cm³/mol. The quantitative estimate of drug-likeness (QED) is 0.434. The van der Waals surface area contributed by atoms with Gasteiger partial charge < -0.3 is 5.32 Å². The third kappa shape index (κ3) is 1.95. The number of nitrogens with one attached hydrogen (secondary N) is 3. The Hall–Kier alpha value is -0.890. The maximum Gasteiger partial charge on any atom is 0.0895 e. The summed E-state index contributed by atoms with van der Waals surface area (Å²) in [4.78, 5) is 0. The van der Waals surface area contributed by atoms with Crippen LogP contribution in [0.15, 0.2) is 11.6 Å². The maximum absolute atomic E-state index is 8.70. The van der Waals surface area contributed by atoms with Crippen molar-refractivity contribution in [1.82, 2.24) is 16.0 Å². The molecule has 4 nitrogen and oxygen atoms in total. The highest BCUT2D eigenvalue weighted by atomic mass is 15.2. The molecule has 0 aromatic heterocycles. The molecule has 0 saturated heterocycles. The van der Waals surface area contributed by atoms with E-state index in [-0.39, 0.29) is 5.66 Å². The van der Waals surface area contributed by atoms with Gasteiger partial charge in [0.1, 0.15) is 0 Å². The summed E-state index contributed by atoms with van der Waals surface area (Å²) in [7, 11) is 5.78. The summed E-state index contributed by atoms with van der Waals surface area (Å²) in [6, 6.07) is 2.50. The number of nitrogens with zero attached hydrogens (tertiary/aromatic N) is 1. The molecular formula is C10H18N4. The van der Waals surface area contributed by atoms with Gasteiger partial charge in [-0.1, -0.05) is 0 Å². The molecule has 1 atom stereocenters. The largest absolute Gasteiger partial charge is 0.313 e. The molecule has 0 radical (unpaired) electrons. The summed E-state index contributed by atoms with van der Waals surface area (Å²) in [5.74, 6) is 0. The van der Waals surface area contributed by atoms with Crippen LogP contribution in [0.2, 0.25) is 0 Å². The normalized spacial score (nSPS) is 24.4. The Kier molecular flexibility index (Phi) is 3.64. The van der Waals surface area contributed by atoms with Crippen LogP contribution in [0.3, 0.4) is 0 Å². The summed E-state index contributed by atoms with van der Waals surface area (Å²) in [5.41, 5.74) is 1.01. The molecule has 0 fully saturated rings. The van der Waals surface area contributed by atoms with E-state index in [0.29, 0.717) is 12.5 Å². The van der Waals surface area contributed by atoms with E-state index in [4.69, 9.17) is 5.26 Å². The second-order valence-electron chi connectivity index (χ2n) is 3.57. The van der Waals surface area contributed by atoms with Crippen molar-refractivity contribution in [1.29, 1.82) is 5.26 Å². The second kappa shape index (κ2) is 4.56. The lowest BCUT2D eigenvalue weighted by molar-refractivity contribution is 0.346. The van der Waals surface area contributed by atoms with Crippen molar-refractivity contribution >= 4 is 0 Å². The van der Waals surface area contributed by atoms with Gasteiger partial charge in [0.2, 0.25) is 0 Å². The van der Waals surface area contributed by atoms with Crippen molar-refractivity contribution in [2.45, 2.75) is 24.5 Å². The second-order valence-corrected chi connectivity index (χ2v) is 3.57. The Balaban J connectivity index is 2.84. The van der Waals surface area contributed by atoms with Crippen LogP contribution in [0.25, 0.3) is 0 Å². The van der Waals surface area contributed by atoms with Crippen LogP contribution in [-0.2, 0) is 0 Å². The zero-order valence-corrected chi connectivity index (χ0v) is 9.02.